The average molecular weight is 252 g/mol. The Labute approximate surface area is 109 Å². The van der Waals surface area contributed by atoms with Crippen LogP contribution in [0.5, 0.6) is 0 Å². The van der Waals surface area contributed by atoms with Gasteiger partial charge in [-0.3, -0.25) is 0 Å². The van der Waals surface area contributed by atoms with Crippen LogP contribution in [-0.2, 0) is 0 Å². The molecule has 3 N–H and O–H groups in total. The number of hydrogen-bond donors (Lipinski definition) is 2. The predicted molar refractivity (Wildman–Crippen MR) is 77.0 cm³/mol. The van der Waals surface area contributed by atoms with E-state index in [2.05, 4.69) is 46.1 Å². The molecule has 0 atom stereocenters. The molecule has 0 aromatic carbocycles. The lowest BCUT2D eigenvalue weighted by Gasteiger charge is -2.21. The van der Waals surface area contributed by atoms with E-state index in [1.54, 1.807) is 0 Å². The quantitative estimate of drug-likeness (QED) is 0.750. The lowest BCUT2D eigenvalue weighted by atomic mass is 10.4. The van der Waals surface area contributed by atoms with Gasteiger partial charge in [0, 0.05) is 32.7 Å². The van der Waals surface area contributed by atoms with Crippen LogP contribution < -0.4 is 16.0 Å². The minimum absolute atomic E-state index is 0.308. The molecule has 0 bridgehead atoms. The van der Waals surface area contributed by atoms with E-state index in [0.717, 1.165) is 37.7 Å². The monoisotopic (exact) mass is 252 g/mol. The number of rotatable bonds is 7. The van der Waals surface area contributed by atoms with Crippen molar-refractivity contribution in [1.82, 2.24) is 14.9 Å². The molecule has 102 valence electrons. The van der Waals surface area contributed by atoms with Gasteiger partial charge in [0.25, 0.3) is 0 Å². The van der Waals surface area contributed by atoms with E-state index < -0.39 is 0 Å². The van der Waals surface area contributed by atoms with Crippen molar-refractivity contribution in [3.8, 4) is 0 Å². The van der Waals surface area contributed by atoms with Crippen molar-refractivity contribution in [2.75, 3.05) is 56.7 Å². The lowest BCUT2D eigenvalue weighted by molar-refractivity contribution is 0.416. The molecular formula is C12H24N6. The van der Waals surface area contributed by atoms with E-state index in [9.17, 15) is 0 Å². The second-order valence-corrected chi connectivity index (χ2v) is 4.62. The van der Waals surface area contributed by atoms with Crippen LogP contribution in [0, 0.1) is 0 Å². The summed E-state index contributed by atoms with van der Waals surface area (Å²) in [6, 6.07) is 1.93. The van der Waals surface area contributed by atoms with Crippen molar-refractivity contribution < 1.29 is 0 Å². The van der Waals surface area contributed by atoms with Crippen molar-refractivity contribution in [3.05, 3.63) is 6.07 Å². The zero-order valence-corrected chi connectivity index (χ0v) is 11.8. The predicted octanol–water partition coefficient (Wildman–Crippen LogP) is 0.879. The lowest BCUT2D eigenvalue weighted by Crippen LogP contribution is -2.29. The van der Waals surface area contributed by atoms with Crippen molar-refractivity contribution in [2.24, 2.45) is 0 Å². The van der Waals surface area contributed by atoms with Crippen LogP contribution in [0.2, 0.25) is 0 Å². The fourth-order valence-electron chi connectivity index (χ4n) is 1.46. The zero-order chi connectivity index (χ0) is 13.5. The average Bonchev–Trinajstić information content (AvgIpc) is 2.32. The van der Waals surface area contributed by atoms with E-state index in [1.165, 1.54) is 0 Å². The van der Waals surface area contributed by atoms with Gasteiger partial charge in [-0.15, -0.1) is 0 Å². The smallest absolute Gasteiger partial charge is 0.223 e. The first kappa shape index (κ1) is 14.5. The van der Waals surface area contributed by atoms with E-state index >= 15 is 0 Å². The summed E-state index contributed by atoms with van der Waals surface area (Å²) < 4.78 is 0. The number of nitrogens with zero attached hydrogens (tertiary/aromatic N) is 4. The standard InChI is InChI=1S/C12H24N6/c1-5-6-14-10-9-11(16-12(13)15-10)18(4)8-7-17(2)3/h9H,5-8H2,1-4H3,(H3,13,14,15,16). The maximum Gasteiger partial charge on any atom is 0.223 e. The molecule has 0 saturated carbocycles. The summed E-state index contributed by atoms with van der Waals surface area (Å²) in [7, 11) is 6.11. The third-order valence-corrected chi connectivity index (χ3v) is 2.56. The summed E-state index contributed by atoms with van der Waals surface area (Å²) >= 11 is 0. The maximum absolute atomic E-state index is 5.73. The summed E-state index contributed by atoms with van der Waals surface area (Å²) in [5.41, 5.74) is 5.73. The molecule has 1 heterocycles. The van der Waals surface area contributed by atoms with Crippen LogP contribution in [0.1, 0.15) is 13.3 Å². The molecule has 1 rings (SSSR count). The Kier molecular flexibility index (Phi) is 5.64. The summed E-state index contributed by atoms with van der Waals surface area (Å²) in [6.07, 6.45) is 1.05. The van der Waals surface area contributed by atoms with Gasteiger partial charge in [0.15, 0.2) is 0 Å². The molecule has 0 fully saturated rings. The summed E-state index contributed by atoms with van der Waals surface area (Å²) in [5.74, 6) is 1.95. The molecule has 0 amide bonds. The molecule has 0 aliphatic heterocycles. The van der Waals surface area contributed by atoms with E-state index in [0.29, 0.717) is 5.95 Å². The van der Waals surface area contributed by atoms with Crippen molar-refractivity contribution in [2.45, 2.75) is 13.3 Å². The van der Waals surface area contributed by atoms with Crippen LogP contribution in [0.15, 0.2) is 6.07 Å². The number of likely N-dealkylation sites (N-methyl/N-ethyl adjacent to an activating group) is 2. The number of nitrogen functional groups attached to an aromatic ring is 1. The number of anilines is 3. The van der Waals surface area contributed by atoms with Gasteiger partial charge in [0.2, 0.25) is 5.95 Å². The van der Waals surface area contributed by atoms with E-state index in [1.807, 2.05) is 13.1 Å². The second kappa shape index (κ2) is 7.00. The van der Waals surface area contributed by atoms with Crippen molar-refractivity contribution >= 4 is 17.6 Å². The Hall–Kier alpha value is -1.56. The van der Waals surface area contributed by atoms with Crippen LogP contribution >= 0.6 is 0 Å². The maximum atomic E-state index is 5.73. The van der Waals surface area contributed by atoms with Gasteiger partial charge < -0.3 is 20.9 Å². The SMILES string of the molecule is CCCNc1cc(N(C)CCN(C)C)nc(N)n1. The molecule has 0 aliphatic rings. The Bertz CT molecular complexity index is 366. The minimum Gasteiger partial charge on any atom is -0.370 e. The third kappa shape index (κ3) is 4.75. The van der Waals surface area contributed by atoms with Gasteiger partial charge in [-0.25, -0.2) is 0 Å². The Morgan fingerprint density at radius 3 is 2.56 bits per heavy atom. The normalized spacial score (nSPS) is 10.7. The van der Waals surface area contributed by atoms with Crippen LogP contribution in [-0.4, -0.2) is 55.6 Å². The van der Waals surface area contributed by atoms with E-state index in [-0.39, 0.29) is 0 Å². The highest BCUT2D eigenvalue weighted by atomic mass is 15.2. The molecule has 6 heteroatoms. The third-order valence-electron chi connectivity index (χ3n) is 2.56. The molecule has 1 aromatic heterocycles. The number of nitrogens with one attached hydrogen (secondary N) is 1. The molecule has 0 spiro atoms. The summed E-state index contributed by atoms with van der Waals surface area (Å²) in [4.78, 5) is 12.6. The van der Waals surface area contributed by atoms with Gasteiger partial charge in [-0.1, -0.05) is 6.92 Å². The fourth-order valence-corrected chi connectivity index (χ4v) is 1.46. The highest BCUT2D eigenvalue weighted by Crippen LogP contribution is 2.15. The van der Waals surface area contributed by atoms with Crippen molar-refractivity contribution in [3.63, 3.8) is 0 Å². The van der Waals surface area contributed by atoms with E-state index in [4.69, 9.17) is 5.73 Å². The first-order chi connectivity index (χ1) is 8.52. The molecule has 1 aromatic rings. The van der Waals surface area contributed by atoms with Gasteiger partial charge in [-0.05, 0) is 20.5 Å². The number of aromatic nitrogens is 2. The molecule has 6 nitrogen and oxygen atoms in total. The zero-order valence-electron chi connectivity index (χ0n) is 11.8. The summed E-state index contributed by atoms with van der Waals surface area (Å²) in [6.45, 7) is 4.87. The Morgan fingerprint density at radius 2 is 1.94 bits per heavy atom. The van der Waals surface area contributed by atoms with Gasteiger partial charge >= 0.3 is 0 Å². The molecule has 0 saturated heterocycles. The number of hydrogen-bond acceptors (Lipinski definition) is 6. The van der Waals surface area contributed by atoms with Crippen LogP contribution in [0.4, 0.5) is 17.6 Å². The minimum atomic E-state index is 0.308. The topological polar surface area (TPSA) is 70.3 Å². The Morgan fingerprint density at radius 1 is 1.22 bits per heavy atom. The number of nitrogens with two attached hydrogens (primary N) is 1. The van der Waals surface area contributed by atoms with Gasteiger partial charge in [-0.2, -0.15) is 9.97 Å². The first-order valence-corrected chi connectivity index (χ1v) is 6.27. The molecule has 0 aliphatic carbocycles. The highest BCUT2D eigenvalue weighted by molar-refractivity contribution is 5.52. The first-order valence-electron chi connectivity index (χ1n) is 6.27. The van der Waals surface area contributed by atoms with Gasteiger partial charge in [0.05, 0.1) is 0 Å². The Balaban J connectivity index is 2.71. The molecular weight excluding hydrogens is 228 g/mol. The molecule has 0 radical (unpaired) electrons. The van der Waals surface area contributed by atoms with Gasteiger partial charge in [0.1, 0.15) is 11.6 Å². The highest BCUT2D eigenvalue weighted by Gasteiger charge is 2.07. The van der Waals surface area contributed by atoms with Crippen molar-refractivity contribution in [1.29, 1.82) is 0 Å². The van der Waals surface area contributed by atoms with Crippen LogP contribution in [0.25, 0.3) is 0 Å². The second-order valence-electron chi connectivity index (χ2n) is 4.62. The molecule has 0 unspecified atom stereocenters. The largest absolute Gasteiger partial charge is 0.370 e. The molecule has 18 heavy (non-hydrogen) atoms. The van der Waals surface area contributed by atoms with Crippen LogP contribution in [0.3, 0.4) is 0 Å². The summed E-state index contributed by atoms with van der Waals surface area (Å²) in [5, 5.41) is 3.23. The fraction of sp³-hybridized carbons (Fsp3) is 0.667.